The molecule has 0 bridgehead atoms. The summed E-state index contributed by atoms with van der Waals surface area (Å²) in [5.41, 5.74) is 1.63. The second-order valence-electron chi connectivity index (χ2n) is 4.85. The number of benzene rings is 1. The number of rotatable bonds is 6. The lowest BCUT2D eigenvalue weighted by atomic mass is 9.99. The Balaban J connectivity index is 2.25. The van der Waals surface area contributed by atoms with Gasteiger partial charge in [0.2, 0.25) is 0 Å². The van der Waals surface area contributed by atoms with Crippen molar-refractivity contribution in [1.29, 1.82) is 0 Å². The Hall–Kier alpha value is -1.52. The largest absolute Gasteiger partial charge is 0.310 e. The summed E-state index contributed by atoms with van der Waals surface area (Å²) in [5.74, 6) is -1.67. The highest BCUT2D eigenvalue weighted by Crippen LogP contribution is 2.24. The van der Waals surface area contributed by atoms with Crippen molar-refractivity contribution < 1.29 is 8.78 Å². The normalized spacial score (nSPS) is 12.4. The molecule has 1 aromatic heterocycles. The summed E-state index contributed by atoms with van der Waals surface area (Å²) in [6, 6.07) is 5.70. The Labute approximate surface area is 128 Å². The van der Waals surface area contributed by atoms with Crippen LogP contribution in [0, 0.1) is 11.6 Å². The van der Waals surface area contributed by atoms with Crippen LogP contribution in [0.3, 0.4) is 0 Å². The van der Waals surface area contributed by atoms with Gasteiger partial charge in [-0.2, -0.15) is 0 Å². The van der Waals surface area contributed by atoms with E-state index in [2.05, 4.69) is 17.2 Å². The zero-order chi connectivity index (χ0) is 15.2. The minimum Gasteiger partial charge on any atom is -0.310 e. The SMILES string of the molecule is CCCNC(Cc1ccncc1Cl)c1ccc(F)c(F)c1. The number of halogens is 3. The van der Waals surface area contributed by atoms with Gasteiger partial charge in [0.15, 0.2) is 11.6 Å². The fourth-order valence-electron chi connectivity index (χ4n) is 2.15. The molecule has 0 amide bonds. The number of nitrogens with zero attached hydrogens (tertiary/aromatic N) is 1. The van der Waals surface area contributed by atoms with Gasteiger partial charge in [0, 0.05) is 18.4 Å². The van der Waals surface area contributed by atoms with Gasteiger partial charge in [0.05, 0.1) is 5.02 Å². The van der Waals surface area contributed by atoms with Gasteiger partial charge >= 0.3 is 0 Å². The van der Waals surface area contributed by atoms with Crippen LogP contribution < -0.4 is 5.32 Å². The molecule has 2 nitrogen and oxygen atoms in total. The van der Waals surface area contributed by atoms with Crippen LogP contribution in [0.5, 0.6) is 0 Å². The van der Waals surface area contributed by atoms with E-state index >= 15 is 0 Å². The predicted molar refractivity (Wildman–Crippen MR) is 80.3 cm³/mol. The summed E-state index contributed by atoms with van der Waals surface area (Å²) >= 11 is 6.12. The van der Waals surface area contributed by atoms with E-state index in [-0.39, 0.29) is 6.04 Å². The number of pyridine rings is 1. The predicted octanol–water partition coefficient (Wildman–Crippen LogP) is 4.30. The van der Waals surface area contributed by atoms with Crippen LogP contribution >= 0.6 is 11.6 Å². The summed E-state index contributed by atoms with van der Waals surface area (Å²) in [4.78, 5) is 3.95. The maximum absolute atomic E-state index is 13.4. The van der Waals surface area contributed by atoms with Crippen molar-refractivity contribution in [1.82, 2.24) is 10.3 Å². The fraction of sp³-hybridized carbons (Fsp3) is 0.312. The highest BCUT2D eigenvalue weighted by atomic mass is 35.5. The van der Waals surface area contributed by atoms with Gasteiger partial charge in [0.25, 0.3) is 0 Å². The molecule has 0 saturated heterocycles. The van der Waals surface area contributed by atoms with E-state index in [0.29, 0.717) is 17.0 Å². The molecule has 0 aliphatic carbocycles. The molecule has 1 N–H and O–H groups in total. The van der Waals surface area contributed by atoms with Crippen molar-refractivity contribution in [2.45, 2.75) is 25.8 Å². The molecule has 0 spiro atoms. The molecule has 2 rings (SSSR count). The van der Waals surface area contributed by atoms with Gasteiger partial charge < -0.3 is 5.32 Å². The number of aromatic nitrogens is 1. The molecular formula is C16H17ClF2N2. The second kappa shape index (κ2) is 7.48. The van der Waals surface area contributed by atoms with E-state index in [1.165, 1.54) is 6.07 Å². The van der Waals surface area contributed by atoms with E-state index in [0.717, 1.165) is 24.6 Å². The Morgan fingerprint density at radius 1 is 1.24 bits per heavy atom. The molecule has 0 radical (unpaired) electrons. The maximum atomic E-state index is 13.4. The van der Waals surface area contributed by atoms with Crippen LogP contribution in [0.15, 0.2) is 36.7 Å². The Morgan fingerprint density at radius 3 is 2.71 bits per heavy atom. The van der Waals surface area contributed by atoms with E-state index in [1.54, 1.807) is 18.5 Å². The van der Waals surface area contributed by atoms with Crippen LogP contribution in [0.4, 0.5) is 8.78 Å². The average molecular weight is 311 g/mol. The van der Waals surface area contributed by atoms with Crippen LogP contribution in [0.25, 0.3) is 0 Å². The van der Waals surface area contributed by atoms with Crippen molar-refractivity contribution in [3.8, 4) is 0 Å². The molecular weight excluding hydrogens is 294 g/mol. The Kier molecular flexibility index (Phi) is 5.65. The van der Waals surface area contributed by atoms with Crippen molar-refractivity contribution in [2.75, 3.05) is 6.54 Å². The lowest BCUT2D eigenvalue weighted by molar-refractivity contribution is 0.493. The molecule has 1 aromatic carbocycles. The third kappa shape index (κ3) is 4.22. The van der Waals surface area contributed by atoms with Gasteiger partial charge in [-0.15, -0.1) is 0 Å². The molecule has 0 fully saturated rings. The molecule has 1 atom stereocenters. The highest BCUT2D eigenvalue weighted by Gasteiger charge is 2.15. The molecule has 1 unspecified atom stereocenters. The molecule has 0 aliphatic rings. The summed E-state index contributed by atoms with van der Waals surface area (Å²) in [5, 5.41) is 3.91. The zero-order valence-electron chi connectivity index (χ0n) is 11.7. The first kappa shape index (κ1) is 15.9. The summed E-state index contributed by atoms with van der Waals surface area (Å²) in [6.07, 6.45) is 4.79. The topological polar surface area (TPSA) is 24.9 Å². The van der Waals surface area contributed by atoms with Gasteiger partial charge in [-0.05, 0) is 48.7 Å². The zero-order valence-corrected chi connectivity index (χ0v) is 12.5. The number of nitrogens with one attached hydrogen (secondary N) is 1. The van der Waals surface area contributed by atoms with E-state index in [4.69, 9.17) is 11.6 Å². The van der Waals surface area contributed by atoms with Crippen molar-refractivity contribution in [3.63, 3.8) is 0 Å². The summed E-state index contributed by atoms with van der Waals surface area (Å²) in [7, 11) is 0. The standard InChI is InChI=1S/C16H17ClF2N2/c1-2-6-21-16(9-11-5-7-20-10-13(11)17)12-3-4-14(18)15(19)8-12/h3-5,7-8,10,16,21H,2,6,9H2,1H3. The third-order valence-electron chi connectivity index (χ3n) is 3.27. The quantitative estimate of drug-likeness (QED) is 0.860. The molecule has 1 heterocycles. The monoisotopic (exact) mass is 310 g/mol. The van der Waals surface area contributed by atoms with Gasteiger partial charge in [-0.1, -0.05) is 24.6 Å². The van der Waals surface area contributed by atoms with E-state index in [1.807, 2.05) is 6.07 Å². The molecule has 0 saturated carbocycles. The minimum atomic E-state index is -0.838. The first-order chi connectivity index (χ1) is 10.1. The molecule has 5 heteroatoms. The lowest BCUT2D eigenvalue weighted by Crippen LogP contribution is -2.24. The minimum absolute atomic E-state index is 0.125. The van der Waals surface area contributed by atoms with Crippen molar-refractivity contribution >= 4 is 11.6 Å². The molecule has 112 valence electrons. The van der Waals surface area contributed by atoms with Crippen molar-refractivity contribution in [2.24, 2.45) is 0 Å². The summed E-state index contributed by atoms with van der Waals surface area (Å²) in [6.45, 7) is 2.83. The lowest BCUT2D eigenvalue weighted by Gasteiger charge is -2.20. The van der Waals surface area contributed by atoms with Crippen LogP contribution in [-0.2, 0) is 6.42 Å². The Morgan fingerprint density at radius 2 is 2.05 bits per heavy atom. The third-order valence-corrected chi connectivity index (χ3v) is 3.61. The van der Waals surface area contributed by atoms with Crippen LogP contribution in [0.2, 0.25) is 5.02 Å². The Bertz CT molecular complexity index is 605. The first-order valence-electron chi connectivity index (χ1n) is 6.88. The van der Waals surface area contributed by atoms with Crippen LogP contribution in [0.1, 0.15) is 30.5 Å². The molecule has 21 heavy (non-hydrogen) atoms. The number of hydrogen-bond donors (Lipinski definition) is 1. The maximum Gasteiger partial charge on any atom is 0.159 e. The van der Waals surface area contributed by atoms with Crippen LogP contribution in [-0.4, -0.2) is 11.5 Å². The van der Waals surface area contributed by atoms with E-state index < -0.39 is 11.6 Å². The van der Waals surface area contributed by atoms with Crippen molar-refractivity contribution in [3.05, 3.63) is 64.4 Å². The van der Waals surface area contributed by atoms with Gasteiger partial charge in [-0.3, -0.25) is 4.98 Å². The van der Waals surface area contributed by atoms with Gasteiger partial charge in [-0.25, -0.2) is 8.78 Å². The molecule has 2 aromatic rings. The summed E-state index contributed by atoms with van der Waals surface area (Å²) < 4.78 is 26.5. The highest BCUT2D eigenvalue weighted by molar-refractivity contribution is 6.31. The smallest absolute Gasteiger partial charge is 0.159 e. The second-order valence-corrected chi connectivity index (χ2v) is 5.26. The first-order valence-corrected chi connectivity index (χ1v) is 7.26. The fourth-order valence-corrected chi connectivity index (χ4v) is 2.34. The molecule has 0 aliphatic heterocycles. The number of hydrogen-bond acceptors (Lipinski definition) is 2. The van der Waals surface area contributed by atoms with E-state index in [9.17, 15) is 8.78 Å². The van der Waals surface area contributed by atoms with Gasteiger partial charge in [0.1, 0.15) is 0 Å². The average Bonchev–Trinajstić information content (AvgIpc) is 2.48.